The maximum absolute atomic E-state index is 6.29. The first-order valence-corrected chi connectivity index (χ1v) is 12.6. The van der Waals surface area contributed by atoms with E-state index in [1.165, 1.54) is 32.3 Å². The van der Waals surface area contributed by atoms with Gasteiger partial charge in [-0.15, -0.1) is 0 Å². The lowest BCUT2D eigenvalue weighted by Crippen LogP contribution is -1.89. The molecule has 0 amide bonds. The summed E-state index contributed by atoms with van der Waals surface area (Å²) < 4.78 is 6.29. The largest absolute Gasteiger partial charge is 0.455 e. The number of benzene rings is 6. The summed E-state index contributed by atoms with van der Waals surface area (Å²) in [5.41, 5.74) is 5.74. The van der Waals surface area contributed by atoms with Gasteiger partial charge in [-0.05, 0) is 62.6 Å². The van der Waals surface area contributed by atoms with E-state index in [2.05, 4.69) is 115 Å². The van der Waals surface area contributed by atoms with Crippen LogP contribution >= 0.6 is 0 Å². The molecule has 2 heterocycles. The van der Waals surface area contributed by atoms with Crippen LogP contribution in [0.3, 0.4) is 0 Å². The zero-order chi connectivity index (χ0) is 24.3. The summed E-state index contributed by atoms with van der Waals surface area (Å²) in [5.74, 6) is 0. The summed E-state index contributed by atoms with van der Waals surface area (Å²) in [4.78, 5) is 5.12. The molecule has 8 aromatic rings. The van der Waals surface area contributed by atoms with Gasteiger partial charge in [0, 0.05) is 21.9 Å². The fourth-order valence-corrected chi connectivity index (χ4v) is 5.76. The molecule has 0 saturated carbocycles. The topological polar surface area (TPSA) is 26.0 Å². The van der Waals surface area contributed by atoms with E-state index >= 15 is 0 Å². The number of furan rings is 1. The average molecular weight is 472 g/mol. The van der Waals surface area contributed by atoms with Crippen LogP contribution in [0, 0.1) is 0 Å². The van der Waals surface area contributed by atoms with Gasteiger partial charge >= 0.3 is 0 Å². The smallest absolute Gasteiger partial charge is 0.144 e. The van der Waals surface area contributed by atoms with Crippen LogP contribution in [0.25, 0.3) is 76.8 Å². The van der Waals surface area contributed by atoms with Gasteiger partial charge in [0.05, 0.1) is 11.4 Å². The third kappa shape index (κ3) is 3.03. The first-order valence-electron chi connectivity index (χ1n) is 12.6. The van der Waals surface area contributed by atoms with Crippen molar-refractivity contribution in [2.75, 3.05) is 0 Å². The summed E-state index contributed by atoms with van der Waals surface area (Å²) in [6.07, 6.45) is 0. The van der Waals surface area contributed by atoms with Crippen molar-refractivity contribution in [2.24, 2.45) is 0 Å². The Morgan fingerprint density at radius 2 is 0.973 bits per heavy atom. The maximum atomic E-state index is 6.29. The molecule has 0 atom stereocenters. The van der Waals surface area contributed by atoms with E-state index in [0.29, 0.717) is 0 Å². The number of pyridine rings is 1. The molecule has 172 valence electrons. The first-order chi connectivity index (χ1) is 18.3. The van der Waals surface area contributed by atoms with Crippen molar-refractivity contribution in [3.05, 3.63) is 127 Å². The number of nitrogens with zero attached hydrogens (tertiary/aromatic N) is 1. The predicted molar refractivity (Wildman–Crippen MR) is 155 cm³/mol. The van der Waals surface area contributed by atoms with Crippen molar-refractivity contribution < 1.29 is 4.42 Å². The van der Waals surface area contributed by atoms with Gasteiger partial charge in [0.25, 0.3) is 0 Å². The standard InChI is InChI=1S/C35H21NO/c1-2-11-25-23(9-1)24-10-3-4-12-26(24)31-21-22(19-20-27(25)31)32-16-8-17-33(36-32)30-15-7-14-29-28-13-5-6-18-34(28)37-35(29)30/h1-21H. The molecule has 2 nitrogen and oxygen atoms in total. The Labute approximate surface area is 213 Å². The van der Waals surface area contributed by atoms with Crippen molar-refractivity contribution in [1.29, 1.82) is 0 Å². The Morgan fingerprint density at radius 1 is 0.405 bits per heavy atom. The molecule has 0 fully saturated rings. The van der Waals surface area contributed by atoms with Crippen LogP contribution in [0.15, 0.2) is 132 Å². The Hall–Kier alpha value is -4.95. The average Bonchev–Trinajstić information content (AvgIpc) is 3.36. The number of para-hydroxylation sites is 2. The van der Waals surface area contributed by atoms with Gasteiger partial charge in [0.1, 0.15) is 11.2 Å². The summed E-state index contributed by atoms with van der Waals surface area (Å²) in [6, 6.07) is 44.8. The van der Waals surface area contributed by atoms with Crippen molar-refractivity contribution in [3.63, 3.8) is 0 Å². The van der Waals surface area contributed by atoms with Crippen LogP contribution in [0.2, 0.25) is 0 Å². The maximum Gasteiger partial charge on any atom is 0.144 e. The molecule has 0 radical (unpaired) electrons. The first kappa shape index (κ1) is 20.3. The van der Waals surface area contributed by atoms with Gasteiger partial charge in [0.2, 0.25) is 0 Å². The molecule has 0 aliphatic carbocycles. The van der Waals surface area contributed by atoms with E-state index in [-0.39, 0.29) is 0 Å². The third-order valence-corrected chi connectivity index (χ3v) is 7.47. The van der Waals surface area contributed by atoms with Crippen LogP contribution in [0.5, 0.6) is 0 Å². The highest BCUT2D eigenvalue weighted by atomic mass is 16.3. The van der Waals surface area contributed by atoms with Crippen LogP contribution < -0.4 is 0 Å². The van der Waals surface area contributed by atoms with Gasteiger partial charge in [-0.1, -0.05) is 97.1 Å². The number of hydrogen-bond donors (Lipinski definition) is 0. The van der Waals surface area contributed by atoms with Crippen LogP contribution in [0.1, 0.15) is 0 Å². The Balaban J connectivity index is 1.34. The van der Waals surface area contributed by atoms with Gasteiger partial charge in [-0.25, -0.2) is 4.98 Å². The second-order valence-corrected chi connectivity index (χ2v) is 9.54. The lowest BCUT2D eigenvalue weighted by molar-refractivity contribution is 0.670. The zero-order valence-corrected chi connectivity index (χ0v) is 20.0. The molecule has 37 heavy (non-hydrogen) atoms. The molecule has 0 spiro atoms. The minimum Gasteiger partial charge on any atom is -0.455 e. The molecular weight excluding hydrogens is 450 g/mol. The minimum absolute atomic E-state index is 0.879. The second-order valence-electron chi connectivity index (χ2n) is 9.54. The fraction of sp³-hybridized carbons (Fsp3) is 0. The molecule has 2 aromatic heterocycles. The molecule has 0 unspecified atom stereocenters. The quantitative estimate of drug-likeness (QED) is 0.235. The lowest BCUT2D eigenvalue weighted by atomic mass is 9.93. The highest BCUT2D eigenvalue weighted by Crippen LogP contribution is 2.38. The second kappa shape index (κ2) is 7.78. The number of fused-ring (bicyclic) bond motifs is 9. The van der Waals surface area contributed by atoms with Crippen molar-refractivity contribution >= 4 is 54.3 Å². The fourth-order valence-electron chi connectivity index (χ4n) is 5.76. The molecule has 0 aliphatic rings. The zero-order valence-electron chi connectivity index (χ0n) is 20.0. The van der Waals surface area contributed by atoms with Crippen LogP contribution in [0.4, 0.5) is 0 Å². The van der Waals surface area contributed by atoms with Gasteiger partial charge in [-0.3, -0.25) is 0 Å². The van der Waals surface area contributed by atoms with Gasteiger partial charge < -0.3 is 4.42 Å². The highest BCUT2D eigenvalue weighted by Gasteiger charge is 2.14. The third-order valence-electron chi connectivity index (χ3n) is 7.47. The van der Waals surface area contributed by atoms with E-state index < -0.39 is 0 Å². The van der Waals surface area contributed by atoms with E-state index in [9.17, 15) is 0 Å². The normalized spacial score (nSPS) is 11.8. The molecular formula is C35H21NO. The Morgan fingerprint density at radius 3 is 1.73 bits per heavy atom. The number of hydrogen-bond acceptors (Lipinski definition) is 2. The highest BCUT2D eigenvalue weighted by molar-refractivity contribution is 6.25. The minimum atomic E-state index is 0.879. The molecule has 6 aromatic carbocycles. The summed E-state index contributed by atoms with van der Waals surface area (Å²) in [5, 5.41) is 9.87. The van der Waals surface area contributed by atoms with E-state index in [1.54, 1.807) is 0 Å². The Bertz CT molecular complexity index is 2120. The number of rotatable bonds is 2. The predicted octanol–water partition coefficient (Wildman–Crippen LogP) is 9.77. The Kier molecular flexibility index (Phi) is 4.26. The van der Waals surface area contributed by atoms with Crippen molar-refractivity contribution in [1.82, 2.24) is 4.98 Å². The lowest BCUT2D eigenvalue weighted by Gasteiger charge is -2.12. The molecule has 0 N–H and O–H groups in total. The summed E-state index contributed by atoms with van der Waals surface area (Å²) >= 11 is 0. The van der Waals surface area contributed by atoms with Crippen molar-refractivity contribution in [2.45, 2.75) is 0 Å². The van der Waals surface area contributed by atoms with Crippen LogP contribution in [-0.2, 0) is 0 Å². The van der Waals surface area contributed by atoms with Crippen molar-refractivity contribution in [3.8, 4) is 22.5 Å². The van der Waals surface area contributed by atoms with E-state index in [4.69, 9.17) is 9.40 Å². The molecule has 0 bridgehead atoms. The monoisotopic (exact) mass is 471 g/mol. The van der Waals surface area contributed by atoms with E-state index in [1.807, 2.05) is 12.1 Å². The van der Waals surface area contributed by atoms with Gasteiger partial charge in [-0.2, -0.15) is 0 Å². The molecule has 0 aliphatic heterocycles. The summed E-state index contributed by atoms with van der Waals surface area (Å²) in [6.45, 7) is 0. The molecule has 8 rings (SSSR count). The SMILES string of the molecule is c1cc(-c2ccc3c4ccccc4c4ccccc4c3c2)nc(-c2cccc3c2oc2ccccc23)c1. The van der Waals surface area contributed by atoms with E-state index in [0.717, 1.165) is 44.5 Å². The summed E-state index contributed by atoms with van der Waals surface area (Å²) in [7, 11) is 0. The van der Waals surface area contributed by atoms with Gasteiger partial charge in [0.15, 0.2) is 0 Å². The molecule has 2 heteroatoms. The number of aromatic nitrogens is 1. The van der Waals surface area contributed by atoms with Crippen LogP contribution in [-0.4, -0.2) is 4.98 Å². The molecule has 0 saturated heterocycles.